The first-order valence-corrected chi connectivity index (χ1v) is 10.8. The molecule has 1 aliphatic heterocycles. The number of nitrogens with zero attached hydrogens (tertiary/aromatic N) is 4. The van der Waals surface area contributed by atoms with E-state index >= 15 is 0 Å². The van der Waals surface area contributed by atoms with Crippen molar-refractivity contribution in [3.05, 3.63) is 88.4 Å². The molecule has 8 nitrogen and oxygen atoms in total. The van der Waals surface area contributed by atoms with Gasteiger partial charge < -0.3 is 19.5 Å². The van der Waals surface area contributed by atoms with Gasteiger partial charge in [0.2, 0.25) is 5.95 Å². The number of fused-ring (bicyclic) bond motifs is 1. The number of hydrogen-bond acceptors (Lipinski definition) is 7. The fourth-order valence-electron chi connectivity index (χ4n) is 3.92. The number of hydrogen-bond donors (Lipinski definition) is 1. The Kier molecular flexibility index (Phi) is 5.48. The second-order valence-electron chi connectivity index (χ2n) is 7.95. The predicted octanol–water partition coefficient (Wildman–Crippen LogP) is 3.60. The maximum Gasteiger partial charge on any atom is 0.349 e. The SMILES string of the molecule is Cc1cc(Nc2ccccc2)nc(N2CCN(C(=O)c3cc4ccccc4oc3=O)CC2)n1. The lowest BCUT2D eigenvalue weighted by Crippen LogP contribution is -2.50. The molecule has 4 aromatic rings. The lowest BCUT2D eigenvalue weighted by atomic mass is 10.1. The number of aryl methyl sites for hydroxylation is 1. The van der Waals surface area contributed by atoms with E-state index in [-0.39, 0.29) is 11.5 Å². The molecule has 3 heterocycles. The lowest BCUT2D eigenvalue weighted by molar-refractivity contribution is 0.0742. The molecule has 33 heavy (non-hydrogen) atoms. The highest BCUT2D eigenvalue weighted by molar-refractivity contribution is 5.96. The van der Waals surface area contributed by atoms with Gasteiger partial charge in [-0.3, -0.25) is 4.79 Å². The molecule has 0 unspecified atom stereocenters. The Hall–Kier alpha value is -4.20. The highest BCUT2D eigenvalue weighted by atomic mass is 16.4. The molecule has 8 heteroatoms. The first-order valence-electron chi connectivity index (χ1n) is 10.8. The van der Waals surface area contributed by atoms with E-state index in [1.54, 1.807) is 23.1 Å². The van der Waals surface area contributed by atoms with Gasteiger partial charge in [0, 0.05) is 49.0 Å². The second-order valence-corrected chi connectivity index (χ2v) is 7.95. The number of rotatable bonds is 4. The van der Waals surface area contributed by atoms with Gasteiger partial charge in [-0.25, -0.2) is 9.78 Å². The molecular weight excluding hydrogens is 418 g/mol. The second kappa shape index (κ2) is 8.74. The van der Waals surface area contributed by atoms with E-state index < -0.39 is 5.63 Å². The van der Waals surface area contributed by atoms with Crippen molar-refractivity contribution in [3.8, 4) is 0 Å². The smallest absolute Gasteiger partial charge is 0.349 e. The quantitative estimate of drug-likeness (QED) is 0.484. The minimum Gasteiger partial charge on any atom is -0.422 e. The third kappa shape index (κ3) is 4.41. The molecule has 1 amide bonds. The van der Waals surface area contributed by atoms with Crippen LogP contribution in [0, 0.1) is 6.92 Å². The number of para-hydroxylation sites is 2. The van der Waals surface area contributed by atoms with E-state index in [4.69, 9.17) is 4.42 Å². The maximum absolute atomic E-state index is 13.0. The summed E-state index contributed by atoms with van der Waals surface area (Å²) in [6.07, 6.45) is 0. The van der Waals surface area contributed by atoms with Crippen molar-refractivity contribution in [2.24, 2.45) is 0 Å². The van der Waals surface area contributed by atoms with Crippen LogP contribution >= 0.6 is 0 Å². The van der Waals surface area contributed by atoms with Crippen LogP contribution in [0.25, 0.3) is 11.0 Å². The molecule has 2 aromatic carbocycles. The van der Waals surface area contributed by atoms with Gasteiger partial charge in [0.1, 0.15) is 17.0 Å². The summed E-state index contributed by atoms with van der Waals surface area (Å²) < 4.78 is 5.33. The number of amides is 1. The van der Waals surface area contributed by atoms with Crippen molar-refractivity contribution in [2.75, 3.05) is 36.4 Å². The molecule has 1 fully saturated rings. The number of benzene rings is 2. The maximum atomic E-state index is 13.0. The molecule has 0 bridgehead atoms. The van der Waals surface area contributed by atoms with Crippen LogP contribution in [0.5, 0.6) is 0 Å². The van der Waals surface area contributed by atoms with E-state index in [2.05, 4.69) is 20.2 Å². The van der Waals surface area contributed by atoms with Crippen LogP contribution in [0.1, 0.15) is 16.1 Å². The number of aromatic nitrogens is 2. The molecule has 0 radical (unpaired) electrons. The van der Waals surface area contributed by atoms with Crippen LogP contribution < -0.4 is 15.8 Å². The Morgan fingerprint density at radius 2 is 1.67 bits per heavy atom. The summed E-state index contributed by atoms with van der Waals surface area (Å²) in [6.45, 7) is 3.99. The molecule has 5 rings (SSSR count). The molecule has 0 spiro atoms. The van der Waals surface area contributed by atoms with Gasteiger partial charge in [0.15, 0.2) is 0 Å². The molecular formula is C25H23N5O3. The zero-order valence-electron chi connectivity index (χ0n) is 18.2. The van der Waals surface area contributed by atoms with E-state index in [0.717, 1.165) is 22.6 Å². The van der Waals surface area contributed by atoms with Crippen LogP contribution in [0.2, 0.25) is 0 Å². The first-order chi connectivity index (χ1) is 16.1. The van der Waals surface area contributed by atoms with Crippen LogP contribution in [0.4, 0.5) is 17.5 Å². The van der Waals surface area contributed by atoms with E-state index in [1.807, 2.05) is 55.5 Å². The summed E-state index contributed by atoms with van der Waals surface area (Å²) in [5, 5.41) is 4.03. The number of nitrogens with one attached hydrogen (secondary N) is 1. The van der Waals surface area contributed by atoms with Crippen LogP contribution in [-0.2, 0) is 0 Å². The Morgan fingerprint density at radius 1 is 0.939 bits per heavy atom. The van der Waals surface area contributed by atoms with Crippen molar-refractivity contribution < 1.29 is 9.21 Å². The number of anilines is 3. The van der Waals surface area contributed by atoms with Gasteiger partial charge in [-0.1, -0.05) is 36.4 Å². The molecule has 1 N–H and O–H groups in total. The third-order valence-electron chi connectivity index (χ3n) is 5.61. The molecule has 166 valence electrons. The summed E-state index contributed by atoms with van der Waals surface area (Å²) in [5.74, 6) is 1.02. The highest BCUT2D eigenvalue weighted by Gasteiger charge is 2.26. The Labute approximate surface area is 190 Å². The molecule has 0 saturated carbocycles. The van der Waals surface area contributed by atoms with E-state index in [0.29, 0.717) is 37.7 Å². The Bertz CT molecular complexity index is 1360. The molecule has 0 atom stereocenters. The van der Waals surface area contributed by atoms with Crippen LogP contribution in [0.15, 0.2) is 75.9 Å². The zero-order valence-corrected chi connectivity index (χ0v) is 18.2. The van der Waals surface area contributed by atoms with Crippen LogP contribution in [0.3, 0.4) is 0 Å². The minimum absolute atomic E-state index is 0.0586. The van der Waals surface area contributed by atoms with E-state index in [1.165, 1.54) is 0 Å². The molecule has 2 aromatic heterocycles. The summed E-state index contributed by atoms with van der Waals surface area (Å²) in [5.41, 5.74) is 1.72. The highest BCUT2D eigenvalue weighted by Crippen LogP contribution is 2.20. The number of piperazine rings is 1. The first kappa shape index (κ1) is 20.7. The summed E-state index contributed by atoms with van der Waals surface area (Å²) in [4.78, 5) is 38.4. The van der Waals surface area contributed by atoms with Crippen molar-refractivity contribution >= 4 is 34.3 Å². The molecule has 1 saturated heterocycles. The minimum atomic E-state index is -0.611. The van der Waals surface area contributed by atoms with Gasteiger partial charge in [0.05, 0.1) is 0 Å². The summed E-state index contributed by atoms with van der Waals surface area (Å²) in [7, 11) is 0. The fourth-order valence-corrected chi connectivity index (χ4v) is 3.92. The van der Waals surface area contributed by atoms with Crippen LogP contribution in [-0.4, -0.2) is 47.0 Å². The van der Waals surface area contributed by atoms with Gasteiger partial charge in [0.25, 0.3) is 5.91 Å². The average Bonchev–Trinajstić information content (AvgIpc) is 2.83. The third-order valence-corrected chi connectivity index (χ3v) is 5.61. The Balaban J connectivity index is 1.30. The van der Waals surface area contributed by atoms with Crippen molar-refractivity contribution in [3.63, 3.8) is 0 Å². The number of carbonyl (C=O) groups excluding carboxylic acids is 1. The fraction of sp³-hybridized carbons (Fsp3) is 0.200. The van der Waals surface area contributed by atoms with Gasteiger partial charge >= 0.3 is 5.63 Å². The van der Waals surface area contributed by atoms with Gasteiger partial charge in [-0.2, -0.15) is 4.98 Å². The normalized spacial score (nSPS) is 13.8. The summed E-state index contributed by atoms with van der Waals surface area (Å²) >= 11 is 0. The van der Waals surface area contributed by atoms with Crippen molar-refractivity contribution in [1.29, 1.82) is 0 Å². The largest absolute Gasteiger partial charge is 0.422 e. The lowest BCUT2D eigenvalue weighted by Gasteiger charge is -2.34. The standard InChI is InChI=1S/C25H23N5O3/c1-17-15-22(27-19-8-3-2-4-9-19)28-25(26-17)30-13-11-29(12-14-30)23(31)20-16-18-7-5-6-10-21(18)33-24(20)32/h2-10,15-16H,11-14H2,1H3,(H,26,27,28). The predicted molar refractivity (Wildman–Crippen MR) is 127 cm³/mol. The average molecular weight is 441 g/mol. The molecule has 0 aliphatic carbocycles. The van der Waals surface area contributed by atoms with Gasteiger partial charge in [-0.05, 0) is 31.2 Å². The Morgan fingerprint density at radius 3 is 2.45 bits per heavy atom. The summed E-state index contributed by atoms with van der Waals surface area (Å²) in [6, 6.07) is 20.5. The molecule has 1 aliphatic rings. The monoisotopic (exact) mass is 441 g/mol. The number of carbonyl (C=O) groups is 1. The van der Waals surface area contributed by atoms with E-state index in [9.17, 15) is 9.59 Å². The topological polar surface area (TPSA) is 91.6 Å². The van der Waals surface area contributed by atoms with Gasteiger partial charge in [-0.15, -0.1) is 0 Å². The van der Waals surface area contributed by atoms with Crippen molar-refractivity contribution in [1.82, 2.24) is 14.9 Å². The van der Waals surface area contributed by atoms with Crippen molar-refractivity contribution in [2.45, 2.75) is 6.92 Å². The zero-order chi connectivity index (χ0) is 22.8.